The molecule has 0 unspecified atom stereocenters. The lowest BCUT2D eigenvalue weighted by Gasteiger charge is -2.02. The van der Waals surface area contributed by atoms with Gasteiger partial charge >= 0.3 is 0 Å². The quantitative estimate of drug-likeness (QED) is 0.708. The van der Waals surface area contributed by atoms with Crippen molar-refractivity contribution in [1.29, 1.82) is 0 Å². The van der Waals surface area contributed by atoms with Gasteiger partial charge in [0.05, 0.1) is 19.0 Å². The number of halogens is 1. The number of hydrogen-bond acceptors (Lipinski definition) is 5. The van der Waals surface area contributed by atoms with E-state index in [0.717, 1.165) is 19.0 Å². The van der Waals surface area contributed by atoms with Gasteiger partial charge in [-0.3, -0.25) is 0 Å². The number of aromatic nitrogens is 1. The summed E-state index contributed by atoms with van der Waals surface area (Å²) < 4.78 is 29.0. The van der Waals surface area contributed by atoms with Crippen molar-refractivity contribution in [3.8, 4) is 0 Å². The molecule has 0 amide bonds. The van der Waals surface area contributed by atoms with Gasteiger partial charge in [-0.2, -0.15) is 0 Å². The molecule has 0 aliphatic rings. The molecule has 0 spiro atoms. The smallest absolute Gasteiger partial charge is 0.241 e. The van der Waals surface area contributed by atoms with Crippen LogP contribution in [0.4, 0.5) is 0 Å². The summed E-state index contributed by atoms with van der Waals surface area (Å²) in [6.07, 6.45) is 0.588. The van der Waals surface area contributed by atoms with Crippen LogP contribution < -0.4 is 4.72 Å². The number of thiazole rings is 1. The van der Waals surface area contributed by atoms with E-state index in [-0.39, 0.29) is 0 Å². The molecule has 0 saturated carbocycles. The van der Waals surface area contributed by atoms with Crippen molar-refractivity contribution in [2.45, 2.75) is 10.6 Å². The van der Waals surface area contributed by atoms with Gasteiger partial charge in [-0.1, -0.05) is 12.1 Å². The number of thiophene rings is 1. The fourth-order valence-corrected chi connectivity index (χ4v) is 5.89. The standard InChI is InChI=1S/C13H11BrN2O2S3/c14-11-5-6-13(20-11)21(17,18)15-8-7-12-16-9-3-1-2-4-10(9)19-12/h1-6,15H,7-8H2. The van der Waals surface area contributed by atoms with Crippen molar-refractivity contribution < 1.29 is 8.42 Å². The molecule has 1 aromatic carbocycles. The largest absolute Gasteiger partial charge is 0.250 e. The molecular weight excluding hydrogens is 392 g/mol. The summed E-state index contributed by atoms with van der Waals surface area (Å²) in [5.74, 6) is 0. The van der Waals surface area contributed by atoms with Crippen LogP contribution in [0.3, 0.4) is 0 Å². The Morgan fingerprint density at radius 3 is 2.67 bits per heavy atom. The zero-order valence-electron chi connectivity index (χ0n) is 10.7. The van der Waals surface area contributed by atoms with Gasteiger partial charge < -0.3 is 0 Å². The molecule has 8 heteroatoms. The number of benzene rings is 1. The van der Waals surface area contributed by atoms with Crippen molar-refractivity contribution in [3.05, 3.63) is 45.2 Å². The summed E-state index contributed by atoms with van der Waals surface area (Å²) in [4.78, 5) is 4.49. The van der Waals surface area contributed by atoms with Gasteiger partial charge in [0.2, 0.25) is 10.0 Å². The van der Waals surface area contributed by atoms with Crippen molar-refractivity contribution in [1.82, 2.24) is 9.71 Å². The van der Waals surface area contributed by atoms with Gasteiger partial charge in [-0.25, -0.2) is 18.1 Å². The molecular formula is C13H11BrN2O2S3. The van der Waals surface area contributed by atoms with Gasteiger partial charge in [0, 0.05) is 13.0 Å². The molecule has 0 saturated heterocycles. The van der Waals surface area contributed by atoms with Crippen molar-refractivity contribution in [2.75, 3.05) is 6.54 Å². The van der Waals surface area contributed by atoms with Crippen molar-refractivity contribution in [3.63, 3.8) is 0 Å². The van der Waals surface area contributed by atoms with E-state index in [2.05, 4.69) is 25.6 Å². The molecule has 2 heterocycles. The molecule has 0 aliphatic heterocycles. The number of hydrogen-bond donors (Lipinski definition) is 1. The molecule has 2 aromatic heterocycles. The maximum Gasteiger partial charge on any atom is 0.250 e. The fraction of sp³-hybridized carbons (Fsp3) is 0.154. The Bertz CT molecular complexity index is 837. The second kappa shape index (κ2) is 6.13. The van der Waals surface area contributed by atoms with Crippen LogP contribution in [0.1, 0.15) is 5.01 Å². The zero-order valence-corrected chi connectivity index (χ0v) is 14.8. The molecule has 0 atom stereocenters. The van der Waals surface area contributed by atoms with Crippen molar-refractivity contribution in [2.24, 2.45) is 0 Å². The summed E-state index contributed by atoms with van der Waals surface area (Å²) in [7, 11) is -3.42. The number of para-hydroxylation sites is 1. The Hall–Kier alpha value is -0.800. The van der Waals surface area contributed by atoms with E-state index in [4.69, 9.17) is 0 Å². The average Bonchev–Trinajstić information content (AvgIpc) is 3.04. The summed E-state index contributed by atoms with van der Waals surface area (Å²) in [6, 6.07) is 11.2. The highest BCUT2D eigenvalue weighted by molar-refractivity contribution is 9.11. The normalized spacial score (nSPS) is 12.0. The third-order valence-corrected chi connectivity index (χ3v) is 7.46. The summed E-state index contributed by atoms with van der Waals surface area (Å²) >= 11 is 6.06. The van der Waals surface area contributed by atoms with E-state index in [9.17, 15) is 8.42 Å². The van der Waals surface area contributed by atoms with Crippen LogP contribution >= 0.6 is 38.6 Å². The van der Waals surface area contributed by atoms with Crippen molar-refractivity contribution >= 4 is 58.8 Å². The molecule has 0 bridgehead atoms. The fourth-order valence-electron chi connectivity index (χ4n) is 1.83. The molecule has 4 nitrogen and oxygen atoms in total. The first-order chi connectivity index (χ1) is 10.0. The highest BCUT2D eigenvalue weighted by Gasteiger charge is 2.16. The van der Waals surface area contributed by atoms with Crippen LogP contribution in [0.25, 0.3) is 10.2 Å². The summed E-state index contributed by atoms with van der Waals surface area (Å²) in [6.45, 7) is 0.345. The first kappa shape index (κ1) is 15.1. The Balaban J connectivity index is 1.65. The maximum atomic E-state index is 12.1. The summed E-state index contributed by atoms with van der Waals surface area (Å²) in [5.41, 5.74) is 0.961. The molecule has 0 radical (unpaired) electrons. The third kappa shape index (κ3) is 3.51. The number of fused-ring (bicyclic) bond motifs is 1. The number of nitrogens with zero attached hydrogens (tertiary/aromatic N) is 1. The molecule has 110 valence electrons. The van der Waals surface area contributed by atoms with Gasteiger partial charge in [0.15, 0.2) is 0 Å². The average molecular weight is 403 g/mol. The van der Waals surface area contributed by atoms with Crippen LogP contribution in [0.5, 0.6) is 0 Å². The van der Waals surface area contributed by atoms with Gasteiger partial charge in [0.25, 0.3) is 0 Å². The van der Waals surface area contributed by atoms with Crippen LogP contribution in [0, 0.1) is 0 Å². The number of rotatable bonds is 5. The topological polar surface area (TPSA) is 59.1 Å². The van der Waals surface area contributed by atoms with E-state index >= 15 is 0 Å². The molecule has 1 N–H and O–H groups in total. The van der Waals surface area contributed by atoms with Gasteiger partial charge in [-0.05, 0) is 40.2 Å². The van der Waals surface area contributed by atoms with E-state index in [0.29, 0.717) is 17.2 Å². The van der Waals surface area contributed by atoms with E-state index in [1.807, 2.05) is 24.3 Å². The molecule has 3 aromatic rings. The van der Waals surface area contributed by atoms with Crippen LogP contribution in [-0.4, -0.2) is 19.9 Å². The first-order valence-corrected chi connectivity index (χ1v) is 10.0. The highest BCUT2D eigenvalue weighted by atomic mass is 79.9. The van der Waals surface area contributed by atoms with Crippen LogP contribution in [0.15, 0.2) is 44.4 Å². The molecule has 3 rings (SSSR count). The minimum absolute atomic E-state index is 0.318. The molecule has 0 aliphatic carbocycles. The Morgan fingerprint density at radius 1 is 1.14 bits per heavy atom. The van der Waals surface area contributed by atoms with E-state index in [1.165, 1.54) is 11.3 Å². The predicted octanol–water partition coefficient (Wildman–Crippen LogP) is 3.64. The second-order valence-corrected chi connectivity index (χ2v) is 9.85. The monoisotopic (exact) mass is 402 g/mol. The summed E-state index contributed by atoms with van der Waals surface area (Å²) in [5, 5.41) is 0.936. The lowest BCUT2D eigenvalue weighted by molar-refractivity contribution is 0.583. The van der Waals surface area contributed by atoms with Gasteiger partial charge in [-0.15, -0.1) is 22.7 Å². The Labute approximate surface area is 139 Å². The third-order valence-electron chi connectivity index (χ3n) is 2.78. The molecule has 21 heavy (non-hydrogen) atoms. The SMILES string of the molecule is O=S(=O)(NCCc1nc2ccccc2s1)c1ccc(Br)s1. The number of sulfonamides is 1. The predicted molar refractivity (Wildman–Crippen MR) is 90.5 cm³/mol. The van der Waals surface area contributed by atoms with Crippen LogP contribution in [-0.2, 0) is 16.4 Å². The Kier molecular flexibility index (Phi) is 4.41. The second-order valence-electron chi connectivity index (χ2n) is 4.28. The van der Waals surface area contributed by atoms with Gasteiger partial charge in [0.1, 0.15) is 4.21 Å². The minimum Gasteiger partial charge on any atom is -0.241 e. The maximum absolute atomic E-state index is 12.1. The lowest BCUT2D eigenvalue weighted by Crippen LogP contribution is -2.25. The first-order valence-electron chi connectivity index (χ1n) is 6.14. The molecule has 0 fully saturated rings. The Morgan fingerprint density at radius 2 is 1.95 bits per heavy atom. The van der Waals surface area contributed by atoms with E-state index in [1.54, 1.807) is 23.5 Å². The minimum atomic E-state index is -3.42. The van der Waals surface area contributed by atoms with Crippen LogP contribution in [0.2, 0.25) is 0 Å². The number of nitrogens with one attached hydrogen (secondary N) is 1. The zero-order chi connectivity index (χ0) is 14.9. The van der Waals surface area contributed by atoms with E-state index < -0.39 is 10.0 Å². The lowest BCUT2D eigenvalue weighted by atomic mass is 10.3. The highest BCUT2D eigenvalue weighted by Crippen LogP contribution is 2.26.